The first kappa shape index (κ1) is 13.9. The molecule has 4 rings (SSSR count). The van der Waals surface area contributed by atoms with E-state index < -0.39 is 0 Å². The number of aromatic amines is 1. The highest BCUT2D eigenvalue weighted by atomic mass is 16.2. The van der Waals surface area contributed by atoms with Crippen molar-refractivity contribution in [3.63, 3.8) is 0 Å². The van der Waals surface area contributed by atoms with E-state index in [1.54, 1.807) is 12.4 Å². The van der Waals surface area contributed by atoms with Gasteiger partial charge >= 0.3 is 0 Å². The number of hydrogen-bond acceptors (Lipinski definition) is 4. The van der Waals surface area contributed by atoms with Crippen molar-refractivity contribution in [2.75, 3.05) is 6.54 Å². The van der Waals surface area contributed by atoms with Gasteiger partial charge in [-0.25, -0.2) is 9.97 Å². The van der Waals surface area contributed by atoms with Gasteiger partial charge in [0.05, 0.1) is 11.6 Å². The molecule has 0 fully saturated rings. The number of pyridine rings is 2. The monoisotopic (exact) mass is 307 g/mol. The van der Waals surface area contributed by atoms with E-state index in [1.165, 1.54) is 5.56 Å². The van der Waals surface area contributed by atoms with Gasteiger partial charge in [-0.05, 0) is 49.1 Å². The standard InChI is InChI=1S/C17H17N5O/c1-10-3-7-19-15-14(10)20-16(21-15)17(23)22-8-5-12-9-18-6-4-13(12)11(22)2/h3-4,6-7,9,11H,5,8H2,1-2H3,(H,19,20,21). The average molecular weight is 307 g/mol. The van der Waals surface area contributed by atoms with E-state index in [4.69, 9.17) is 0 Å². The summed E-state index contributed by atoms with van der Waals surface area (Å²) in [6, 6.07) is 3.90. The third-order valence-electron chi connectivity index (χ3n) is 4.54. The number of carbonyl (C=O) groups is 1. The third kappa shape index (κ3) is 2.18. The molecule has 0 radical (unpaired) electrons. The van der Waals surface area contributed by atoms with Crippen LogP contribution < -0.4 is 0 Å². The summed E-state index contributed by atoms with van der Waals surface area (Å²) in [5.74, 6) is 0.267. The van der Waals surface area contributed by atoms with Crippen LogP contribution in [0.25, 0.3) is 11.2 Å². The minimum Gasteiger partial charge on any atom is -0.332 e. The molecule has 1 unspecified atom stereocenters. The lowest BCUT2D eigenvalue weighted by Crippen LogP contribution is -2.39. The van der Waals surface area contributed by atoms with Gasteiger partial charge in [0, 0.05) is 25.1 Å². The Balaban J connectivity index is 1.70. The molecule has 1 amide bonds. The van der Waals surface area contributed by atoms with Crippen LogP contribution in [0.15, 0.2) is 30.7 Å². The molecule has 1 N–H and O–H groups in total. The molecule has 0 aromatic carbocycles. The number of fused-ring (bicyclic) bond motifs is 2. The van der Waals surface area contributed by atoms with E-state index >= 15 is 0 Å². The number of nitrogens with zero attached hydrogens (tertiary/aromatic N) is 4. The largest absolute Gasteiger partial charge is 0.332 e. The van der Waals surface area contributed by atoms with Gasteiger partial charge in [0.15, 0.2) is 11.5 Å². The number of H-pyrrole nitrogens is 1. The number of carbonyl (C=O) groups excluding carboxylic acids is 1. The third-order valence-corrected chi connectivity index (χ3v) is 4.54. The Labute approximate surface area is 133 Å². The van der Waals surface area contributed by atoms with Crippen molar-refractivity contribution < 1.29 is 4.79 Å². The molecule has 4 heterocycles. The van der Waals surface area contributed by atoms with Crippen molar-refractivity contribution in [3.05, 3.63) is 53.2 Å². The average Bonchev–Trinajstić information content (AvgIpc) is 3.01. The van der Waals surface area contributed by atoms with Gasteiger partial charge in [0.25, 0.3) is 5.91 Å². The number of hydrogen-bond donors (Lipinski definition) is 1. The number of amides is 1. The van der Waals surface area contributed by atoms with Crippen LogP contribution in [-0.4, -0.2) is 37.3 Å². The second kappa shape index (κ2) is 5.15. The lowest BCUT2D eigenvalue weighted by Gasteiger charge is -2.34. The minimum absolute atomic E-state index is 0.0107. The summed E-state index contributed by atoms with van der Waals surface area (Å²) in [6.07, 6.45) is 6.19. The first-order chi connectivity index (χ1) is 11.1. The van der Waals surface area contributed by atoms with Gasteiger partial charge in [0.1, 0.15) is 0 Å². The van der Waals surface area contributed by atoms with Crippen molar-refractivity contribution in [3.8, 4) is 0 Å². The lowest BCUT2D eigenvalue weighted by molar-refractivity contribution is 0.0666. The first-order valence-electron chi connectivity index (χ1n) is 7.70. The molecule has 1 aliphatic rings. The van der Waals surface area contributed by atoms with Gasteiger partial charge in [-0.1, -0.05) is 0 Å². The molecule has 116 valence electrons. The molecule has 0 saturated heterocycles. The van der Waals surface area contributed by atoms with Gasteiger partial charge in [-0.3, -0.25) is 9.78 Å². The molecule has 0 aliphatic carbocycles. The maximum Gasteiger partial charge on any atom is 0.290 e. The highest BCUT2D eigenvalue weighted by Crippen LogP contribution is 2.29. The molecule has 0 spiro atoms. The Bertz CT molecular complexity index is 901. The predicted molar refractivity (Wildman–Crippen MR) is 86.0 cm³/mol. The summed E-state index contributed by atoms with van der Waals surface area (Å²) in [4.78, 5) is 30.6. The van der Waals surface area contributed by atoms with Crippen LogP contribution in [0.5, 0.6) is 0 Å². The zero-order valence-electron chi connectivity index (χ0n) is 13.1. The van der Waals surface area contributed by atoms with Crippen LogP contribution in [-0.2, 0) is 6.42 Å². The second-order valence-electron chi connectivity index (χ2n) is 5.91. The molecule has 6 nitrogen and oxygen atoms in total. The number of imidazole rings is 1. The lowest BCUT2D eigenvalue weighted by atomic mass is 9.95. The van der Waals surface area contributed by atoms with Crippen LogP contribution in [0.3, 0.4) is 0 Å². The highest BCUT2D eigenvalue weighted by molar-refractivity contribution is 5.94. The van der Waals surface area contributed by atoms with Crippen molar-refractivity contribution in [2.24, 2.45) is 0 Å². The molecule has 23 heavy (non-hydrogen) atoms. The Morgan fingerprint density at radius 1 is 1.35 bits per heavy atom. The topological polar surface area (TPSA) is 74.8 Å². The minimum atomic E-state index is -0.0858. The predicted octanol–water partition coefficient (Wildman–Crippen LogP) is 2.42. The Morgan fingerprint density at radius 2 is 2.22 bits per heavy atom. The van der Waals surface area contributed by atoms with E-state index in [0.29, 0.717) is 18.0 Å². The molecule has 6 heteroatoms. The van der Waals surface area contributed by atoms with Crippen LogP contribution >= 0.6 is 0 Å². The van der Waals surface area contributed by atoms with Crippen LogP contribution in [0.1, 0.15) is 40.3 Å². The summed E-state index contributed by atoms with van der Waals surface area (Å²) in [7, 11) is 0. The number of nitrogens with one attached hydrogen (secondary N) is 1. The smallest absolute Gasteiger partial charge is 0.290 e. The molecule has 0 saturated carbocycles. The second-order valence-corrected chi connectivity index (χ2v) is 5.91. The van der Waals surface area contributed by atoms with E-state index in [2.05, 4.69) is 19.9 Å². The van der Waals surface area contributed by atoms with Gasteiger partial charge in [-0.2, -0.15) is 0 Å². The summed E-state index contributed by atoms with van der Waals surface area (Å²) in [5, 5.41) is 0. The van der Waals surface area contributed by atoms with Gasteiger partial charge < -0.3 is 9.88 Å². The zero-order valence-corrected chi connectivity index (χ0v) is 13.1. The fraction of sp³-hybridized carbons (Fsp3) is 0.294. The molecular weight excluding hydrogens is 290 g/mol. The maximum absolute atomic E-state index is 12.9. The van der Waals surface area contributed by atoms with E-state index in [9.17, 15) is 4.79 Å². The SMILES string of the molecule is Cc1ccnc2nc(C(=O)N3CCc4cnccc4C3C)[nH]c12. The van der Waals surface area contributed by atoms with Crippen molar-refractivity contribution in [1.29, 1.82) is 0 Å². The van der Waals surface area contributed by atoms with Crippen molar-refractivity contribution in [1.82, 2.24) is 24.8 Å². The molecular formula is C17H17N5O. The number of aromatic nitrogens is 4. The summed E-state index contributed by atoms with van der Waals surface area (Å²) < 4.78 is 0. The quantitative estimate of drug-likeness (QED) is 0.749. The Kier molecular flexibility index (Phi) is 3.11. The molecule has 3 aromatic rings. The molecule has 0 bridgehead atoms. The molecule has 1 aliphatic heterocycles. The fourth-order valence-electron chi connectivity index (χ4n) is 3.21. The zero-order chi connectivity index (χ0) is 16.0. The van der Waals surface area contributed by atoms with Crippen LogP contribution in [0.2, 0.25) is 0 Å². The summed E-state index contributed by atoms with van der Waals surface area (Å²) >= 11 is 0. The van der Waals surface area contributed by atoms with E-state index in [-0.39, 0.29) is 11.9 Å². The van der Waals surface area contributed by atoms with Gasteiger partial charge in [0.2, 0.25) is 0 Å². The molecule has 3 aromatic heterocycles. The number of aryl methyl sites for hydroxylation is 1. The fourth-order valence-corrected chi connectivity index (χ4v) is 3.21. The summed E-state index contributed by atoms with van der Waals surface area (Å²) in [5.41, 5.74) is 4.81. The highest BCUT2D eigenvalue weighted by Gasteiger charge is 2.30. The van der Waals surface area contributed by atoms with Gasteiger partial charge in [-0.15, -0.1) is 0 Å². The summed E-state index contributed by atoms with van der Waals surface area (Å²) in [6.45, 7) is 4.69. The van der Waals surface area contributed by atoms with Crippen molar-refractivity contribution >= 4 is 17.1 Å². The number of rotatable bonds is 1. The van der Waals surface area contributed by atoms with Crippen molar-refractivity contribution in [2.45, 2.75) is 26.3 Å². The van der Waals surface area contributed by atoms with Crippen LogP contribution in [0, 0.1) is 6.92 Å². The first-order valence-corrected chi connectivity index (χ1v) is 7.70. The normalized spacial score (nSPS) is 17.3. The Morgan fingerprint density at radius 3 is 3.04 bits per heavy atom. The van der Waals surface area contributed by atoms with E-state index in [0.717, 1.165) is 23.1 Å². The maximum atomic E-state index is 12.9. The van der Waals surface area contributed by atoms with Crippen LogP contribution in [0.4, 0.5) is 0 Å². The van der Waals surface area contributed by atoms with E-state index in [1.807, 2.05) is 37.1 Å². The molecule has 1 atom stereocenters. The Hall–Kier alpha value is -2.76.